The van der Waals surface area contributed by atoms with E-state index in [9.17, 15) is 9.59 Å². The second-order valence-corrected chi connectivity index (χ2v) is 5.09. The molecule has 3 N–H and O–H groups in total. The Morgan fingerprint density at radius 1 is 1.26 bits per heavy atom. The fourth-order valence-electron chi connectivity index (χ4n) is 1.31. The zero-order chi connectivity index (χ0) is 14.6. The molecule has 0 radical (unpaired) electrons. The van der Waals surface area contributed by atoms with E-state index < -0.39 is 17.7 Å². The van der Waals surface area contributed by atoms with E-state index in [1.807, 2.05) is 0 Å². The molecular weight excluding hydrogens is 248 g/mol. The van der Waals surface area contributed by atoms with E-state index in [-0.39, 0.29) is 5.56 Å². The number of hydrogen-bond acceptors (Lipinski definition) is 4. The predicted octanol–water partition coefficient (Wildman–Crippen LogP) is 2.54. The van der Waals surface area contributed by atoms with Gasteiger partial charge in [0, 0.05) is 0 Å². The summed E-state index contributed by atoms with van der Waals surface area (Å²) in [7, 11) is 0. The Kier molecular flexibility index (Phi) is 4.37. The van der Waals surface area contributed by atoms with E-state index in [1.165, 1.54) is 12.1 Å². The third-order valence-electron chi connectivity index (χ3n) is 2.18. The zero-order valence-corrected chi connectivity index (χ0v) is 11.4. The van der Waals surface area contributed by atoms with Crippen LogP contribution in [-0.2, 0) is 4.74 Å². The number of ether oxygens (including phenoxy) is 1. The van der Waals surface area contributed by atoms with Crippen molar-refractivity contribution < 1.29 is 19.4 Å². The highest BCUT2D eigenvalue weighted by atomic mass is 16.6. The Balaban J connectivity index is 2.70. The van der Waals surface area contributed by atoms with Crippen molar-refractivity contribution in [2.24, 2.45) is 0 Å². The van der Waals surface area contributed by atoms with Gasteiger partial charge < -0.3 is 9.84 Å². The van der Waals surface area contributed by atoms with Gasteiger partial charge in [-0.1, -0.05) is 6.07 Å². The van der Waals surface area contributed by atoms with Crippen LogP contribution in [0.2, 0.25) is 0 Å². The van der Waals surface area contributed by atoms with Crippen molar-refractivity contribution in [2.45, 2.75) is 33.3 Å². The second-order valence-electron chi connectivity index (χ2n) is 5.09. The summed E-state index contributed by atoms with van der Waals surface area (Å²) in [6.07, 6.45) is -0.632. The SMILES string of the molecule is Cc1ccc(C(=O)O)cc1NNC(=O)OC(C)(C)C. The first-order chi connectivity index (χ1) is 8.69. The summed E-state index contributed by atoms with van der Waals surface area (Å²) in [5.41, 5.74) is 5.86. The van der Waals surface area contributed by atoms with E-state index in [0.717, 1.165) is 5.56 Å². The lowest BCUT2D eigenvalue weighted by Crippen LogP contribution is -2.36. The number of aromatic carboxylic acids is 1. The topological polar surface area (TPSA) is 87.7 Å². The molecule has 0 aromatic heterocycles. The van der Waals surface area contributed by atoms with Crippen molar-refractivity contribution in [3.05, 3.63) is 29.3 Å². The van der Waals surface area contributed by atoms with Gasteiger partial charge in [-0.05, 0) is 45.4 Å². The largest absolute Gasteiger partial charge is 0.478 e. The summed E-state index contributed by atoms with van der Waals surface area (Å²) < 4.78 is 5.05. The van der Waals surface area contributed by atoms with Gasteiger partial charge in [0.2, 0.25) is 0 Å². The smallest absolute Gasteiger partial charge is 0.426 e. The van der Waals surface area contributed by atoms with Crippen LogP contribution in [0.5, 0.6) is 0 Å². The number of carboxylic acids is 1. The van der Waals surface area contributed by atoms with E-state index in [0.29, 0.717) is 5.69 Å². The third kappa shape index (κ3) is 4.87. The number of hydrazine groups is 1. The summed E-state index contributed by atoms with van der Waals surface area (Å²) in [5, 5.41) is 8.89. The van der Waals surface area contributed by atoms with Crippen LogP contribution in [0.3, 0.4) is 0 Å². The first kappa shape index (κ1) is 14.8. The van der Waals surface area contributed by atoms with Crippen LogP contribution >= 0.6 is 0 Å². The highest BCUT2D eigenvalue weighted by Crippen LogP contribution is 2.16. The van der Waals surface area contributed by atoms with Gasteiger partial charge in [0.05, 0.1) is 11.3 Å². The first-order valence-corrected chi connectivity index (χ1v) is 5.78. The normalized spacial score (nSPS) is 10.7. The van der Waals surface area contributed by atoms with Gasteiger partial charge in [-0.3, -0.25) is 5.43 Å². The summed E-state index contributed by atoms with van der Waals surface area (Å²) in [5.74, 6) is -1.03. The fraction of sp³-hybridized carbons (Fsp3) is 0.385. The number of carbonyl (C=O) groups excluding carboxylic acids is 1. The lowest BCUT2D eigenvalue weighted by atomic mass is 10.1. The van der Waals surface area contributed by atoms with Gasteiger partial charge in [-0.15, -0.1) is 0 Å². The molecule has 1 aromatic rings. The molecule has 0 aliphatic rings. The lowest BCUT2D eigenvalue weighted by molar-refractivity contribution is 0.0540. The molecule has 1 amide bonds. The van der Waals surface area contributed by atoms with Gasteiger partial charge >= 0.3 is 12.1 Å². The van der Waals surface area contributed by atoms with Crippen LogP contribution in [0.25, 0.3) is 0 Å². The number of carbonyl (C=O) groups is 2. The molecule has 1 rings (SSSR count). The van der Waals surface area contributed by atoms with E-state index in [2.05, 4.69) is 10.9 Å². The summed E-state index contributed by atoms with van der Waals surface area (Å²) in [6, 6.07) is 4.59. The maximum atomic E-state index is 11.4. The van der Waals surface area contributed by atoms with Gasteiger partial charge in [-0.2, -0.15) is 0 Å². The van der Waals surface area contributed by atoms with Crippen molar-refractivity contribution >= 4 is 17.7 Å². The molecule has 0 unspecified atom stereocenters. The fourth-order valence-corrected chi connectivity index (χ4v) is 1.31. The molecule has 0 heterocycles. The maximum Gasteiger partial charge on any atom is 0.426 e. The van der Waals surface area contributed by atoms with Crippen molar-refractivity contribution in [3.63, 3.8) is 0 Å². The number of aryl methyl sites for hydroxylation is 1. The number of carboxylic acid groups (broad SMARTS) is 1. The molecule has 19 heavy (non-hydrogen) atoms. The number of benzene rings is 1. The third-order valence-corrected chi connectivity index (χ3v) is 2.18. The highest BCUT2D eigenvalue weighted by Gasteiger charge is 2.16. The second kappa shape index (κ2) is 5.60. The van der Waals surface area contributed by atoms with E-state index in [4.69, 9.17) is 9.84 Å². The van der Waals surface area contributed by atoms with E-state index >= 15 is 0 Å². The van der Waals surface area contributed by atoms with Crippen molar-refractivity contribution in [1.29, 1.82) is 0 Å². The molecule has 0 atom stereocenters. The van der Waals surface area contributed by atoms with Crippen LogP contribution < -0.4 is 10.9 Å². The summed E-state index contributed by atoms with van der Waals surface area (Å²) in [4.78, 5) is 22.3. The Bertz CT molecular complexity index is 492. The Morgan fingerprint density at radius 2 is 1.89 bits per heavy atom. The van der Waals surface area contributed by atoms with E-state index in [1.54, 1.807) is 33.8 Å². The Labute approximate surface area is 111 Å². The molecule has 0 fully saturated rings. The molecular formula is C13H18N2O4. The molecule has 0 aliphatic heterocycles. The number of amides is 1. The first-order valence-electron chi connectivity index (χ1n) is 5.78. The summed E-state index contributed by atoms with van der Waals surface area (Å²) in [6.45, 7) is 7.05. The monoisotopic (exact) mass is 266 g/mol. The highest BCUT2D eigenvalue weighted by molar-refractivity contribution is 5.89. The van der Waals surface area contributed by atoms with Gasteiger partial charge in [-0.25, -0.2) is 15.0 Å². The van der Waals surface area contributed by atoms with Gasteiger partial charge in [0.1, 0.15) is 5.60 Å². The van der Waals surface area contributed by atoms with Crippen LogP contribution in [0.1, 0.15) is 36.7 Å². The Hall–Kier alpha value is -2.24. The standard InChI is InChI=1S/C13H18N2O4/c1-8-5-6-9(11(16)17)7-10(8)14-15-12(18)19-13(2,3)4/h5-7,14H,1-4H3,(H,15,18)(H,16,17). The van der Waals surface area contributed by atoms with Crippen molar-refractivity contribution in [3.8, 4) is 0 Å². The number of nitrogens with one attached hydrogen (secondary N) is 2. The van der Waals surface area contributed by atoms with Gasteiger partial charge in [0.25, 0.3) is 0 Å². The number of hydrogen-bond donors (Lipinski definition) is 3. The average Bonchev–Trinajstić information content (AvgIpc) is 2.25. The number of rotatable bonds is 3. The molecule has 0 bridgehead atoms. The number of anilines is 1. The molecule has 6 heteroatoms. The van der Waals surface area contributed by atoms with Crippen LogP contribution in [0, 0.1) is 6.92 Å². The van der Waals surface area contributed by atoms with Crippen LogP contribution in [0.15, 0.2) is 18.2 Å². The summed E-state index contributed by atoms with van der Waals surface area (Å²) >= 11 is 0. The molecule has 0 saturated carbocycles. The molecule has 6 nitrogen and oxygen atoms in total. The molecule has 104 valence electrons. The molecule has 0 saturated heterocycles. The Morgan fingerprint density at radius 3 is 2.42 bits per heavy atom. The van der Waals surface area contributed by atoms with Crippen LogP contribution in [0.4, 0.5) is 10.5 Å². The van der Waals surface area contributed by atoms with Crippen molar-refractivity contribution in [2.75, 3.05) is 5.43 Å². The predicted molar refractivity (Wildman–Crippen MR) is 71.1 cm³/mol. The zero-order valence-electron chi connectivity index (χ0n) is 11.4. The van der Waals surface area contributed by atoms with Crippen molar-refractivity contribution in [1.82, 2.24) is 5.43 Å². The molecule has 0 aliphatic carbocycles. The average molecular weight is 266 g/mol. The quantitative estimate of drug-likeness (QED) is 0.732. The lowest BCUT2D eigenvalue weighted by Gasteiger charge is -2.20. The minimum Gasteiger partial charge on any atom is -0.478 e. The molecule has 0 spiro atoms. The van der Waals surface area contributed by atoms with Crippen LogP contribution in [-0.4, -0.2) is 22.8 Å². The molecule has 1 aromatic carbocycles. The minimum absolute atomic E-state index is 0.138. The van der Waals surface area contributed by atoms with Gasteiger partial charge in [0.15, 0.2) is 0 Å². The maximum absolute atomic E-state index is 11.4. The minimum atomic E-state index is -1.03.